The fraction of sp³-hybridized carbons (Fsp3) is 0.833. The fourth-order valence-corrected chi connectivity index (χ4v) is 0.567. The number of esters is 1. The van der Waals surface area contributed by atoms with Crippen molar-refractivity contribution in [2.24, 2.45) is 0 Å². The molecule has 1 unspecified atom stereocenters. The van der Waals surface area contributed by atoms with Crippen LogP contribution in [-0.2, 0) is 14.3 Å². The average Bonchev–Trinajstić information content (AvgIpc) is 1.82. The first kappa shape index (κ1) is 9.72. The number of hydrogen-bond donors (Lipinski definition) is 0. The molecule has 1 atom stereocenters. The van der Waals surface area contributed by atoms with Gasteiger partial charge in [0.25, 0.3) is 0 Å². The molecule has 0 saturated heterocycles. The smallest absolute Gasteiger partial charge is 0.304 e. The molecule has 0 aromatic carbocycles. The van der Waals surface area contributed by atoms with E-state index in [9.17, 15) is 4.79 Å². The summed E-state index contributed by atoms with van der Waals surface area (Å²) in [5.74, 6) is 0.0630. The first-order valence-corrected chi connectivity index (χ1v) is 3.55. The van der Waals surface area contributed by atoms with Crippen molar-refractivity contribution in [3.8, 4) is 0 Å². The Morgan fingerprint density at radius 1 is 1.70 bits per heavy atom. The normalized spacial score (nSPS) is 12.7. The van der Waals surface area contributed by atoms with Crippen LogP contribution in [0.5, 0.6) is 0 Å². The van der Waals surface area contributed by atoms with Crippen molar-refractivity contribution in [3.63, 3.8) is 0 Å². The van der Waals surface area contributed by atoms with Gasteiger partial charge in [-0.05, 0) is 6.92 Å². The fourth-order valence-electron chi connectivity index (χ4n) is 0.478. The first-order chi connectivity index (χ1) is 4.66. The molecule has 0 aromatic rings. The van der Waals surface area contributed by atoms with Crippen LogP contribution in [0, 0.1) is 0 Å². The van der Waals surface area contributed by atoms with Crippen LogP contribution in [0.2, 0.25) is 0 Å². The molecule has 0 aliphatic rings. The van der Waals surface area contributed by atoms with Gasteiger partial charge in [0.15, 0.2) is 6.29 Å². The Morgan fingerprint density at radius 3 is 2.70 bits per heavy atom. The number of hydrogen-bond acceptors (Lipinski definition) is 3. The zero-order valence-electron chi connectivity index (χ0n) is 6.09. The van der Waals surface area contributed by atoms with Crippen molar-refractivity contribution in [2.75, 3.05) is 12.5 Å². The second-order valence-corrected chi connectivity index (χ2v) is 2.11. The first-order valence-electron chi connectivity index (χ1n) is 3.01. The van der Waals surface area contributed by atoms with E-state index in [4.69, 9.17) is 16.3 Å². The van der Waals surface area contributed by atoms with Crippen LogP contribution >= 0.6 is 11.6 Å². The van der Waals surface area contributed by atoms with Gasteiger partial charge >= 0.3 is 5.97 Å². The highest BCUT2D eigenvalue weighted by Gasteiger charge is 2.02. The van der Waals surface area contributed by atoms with E-state index < -0.39 is 6.29 Å². The Hall–Kier alpha value is -0.280. The summed E-state index contributed by atoms with van der Waals surface area (Å²) in [4.78, 5) is 10.3. The highest BCUT2D eigenvalue weighted by atomic mass is 35.5. The Balaban J connectivity index is 3.25. The van der Waals surface area contributed by atoms with E-state index >= 15 is 0 Å². The molecule has 0 aliphatic carbocycles. The molecule has 0 saturated carbocycles. The van der Waals surface area contributed by atoms with E-state index in [1.807, 2.05) is 0 Å². The lowest BCUT2D eigenvalue weighted by atomic mass is 10.7. The number of carbonyl (C=O) groups excluding carboxylic acids is 1. The monoisotopic (exact) mass is 166 g/mol. The van der Waals surface area contributed by atoms with E-state index in [-0.39, 0.29) is 5.97 Å². The molecule has 0 fully saturated rings. The van der Waals surface area contributed by atoms with Gasteiger partial charge in [0, 0.05) is 12.8 Å². The van der Waals surface area contributed by atoms with Gasteiger partial charge in [-0.25, -0.2) is 0 Å². The molecule has 10 heavy (non-hydrogen) atoms. The van der Waals surface area contributed by atoms with Gasteiger partial charge in [-0.3, -0.25) is 4.79 Å². The molecule has 0 bridgehead atoms. The molecule has 3 nitrogen and oxygen atoms in total. The molecule has 0 N–H and O–H groups in total. The Morgan fingerprint density at radius 2 is 2.30 bits per heavy atom. The summed E-state index contributed by atoms with van der Waals surface area (Å²) in [7, 11) is 0. The largest absolute Gasteiger partial charge is 0.436 e. The van der Waals surface area contributed by atoms with Gasteiger partial charge in [0.1, 0.15) is 0 Å². The summed E-state index contributed by atoms with van der Waals surface area (Å²) in [6, 6.07) is 0. The van der Waals surface area contributed by atoms with Gasteiger partial charge < -0.3 is 9.47 Å². The third-order valence-electron chi connectivity index (χ3n) is 0.762. The number of halogens is 1. The molecular formula is C6H11ClO3. The Kier molecular flexibility index (Phi) is 5.35. The number of alkyl halides is 1. The van der Waals surface area contributed by atoms with E-state index in [1.165, 1.54) is 6.92 Å². The van der Waals surface area contributed by atoms with Crippen LogP contribution in [0.3, 0.4) is 0 Å². The quantitative estimate of drug-likeness (QED) is 0.357. The lowest BCUT2D eigenvalue weighted by molar-refractivity contribution is -0.170. The summed E-state index contributed by atoms with van der Waals surface area (Å²) >= 11 is 5.32. The Bertz CT molecular complexity index is 105. The van der Waals surface area contributed by atoms with Crippen molar-refractivity contribution in [2.45, 2.75) is 20.1 Å². The molecule has 0 aromatic heterocycles. The second kappa shape index (κ2) is 5.50. The molecule has 0 radical (unpaired) electrons. The van der Waals surface area contributed by atoms with Crippen LogP contribution in [-0.4, -0.2) is 24.7 Å². The zero-order valence-corrected chi connectivity index (χ0v) is 6.85. The summed E-state index contributed by atoms with van der Waals surface area (Å²) in [6.07, 6.45) is -0.490. The third kappa shape index (κ3) is 5.85. The second-order valence-electron chi connectivity index (χ2n) is 1.74. The summed E-state index contributed by atoms with van der Waals surface area (Å²) in [5, 5.41) is 0. The average molecular weight is 167 g/mol. The predicted molar refractivity (Wildman–Crippen MR) is 37.9 cm³/mol. The molecule has 4 heteroatoms. The van der Waals surface area contributed by atoms with Gasteiger partial charge in [-0.2, -0.15) is 0 Å². The minimum Gasteiger partial charge on any atom is -0.436 e. The molecular weight excluding hydrogens is 156 g/mol. The van der Waals surface area contributed by atoms with E-state index in [0.717, 1.165) is 0 Å². The van der Waals surface area contributed by atoms with Crippen molar-refractivity contribution < 1.29 is 14.3 Å². The predicted octanol–water partition coefficient (Wildman–Crippen LogP) is 1.15. The summed E-state index contributed by atoms with van der Waals surface area (Å²) < 4.78 is 9.56. The summed E-state index contributed by atoms with van der Waals surface area (Å²) in [6.45, 7) is 3.38. The van der Waals surface area contributed by atoms with Crippen molar-refractivity contribution in [3.05, 3.63) is 0 Å². The number of ether oxygens (including phenoxy) is 2. The van der Waals surface area contributed by atoms with Crippen molar-refractivity contribution >= 4 is 17.6 Å². The maximum Gasteiger partial charge on any atom is 0.304 e. The van der Waals surface area contributed by atoms with Crippen LogP contribution in [0.1, 0.15) is 13.8 Å². The lowest BCUT2D eigenvalue weighted by Gasteiger charge is -2.10. The molecule has 60 valence electrons. The molecule has 0 amide bonds. The topological polar surface area (TPSA) is 35.5 Å². The number of carbonyl (C=O) groups is 1. The SMILES string of the molecule is CC(=O)OC(C)OCCCl. The maximum atomic E-state index is 10.3. The Labute approximate surface area is 65.3 Å². The zero-order chi connectivity index (χ0) is 7.98. The van der Waals surface area contributed by atoms with Crippen LogP contribution in [0.15, 0.2) is 0 Å². The molecule has 0 spiro atoms. The third-order valence-corrected chi connectivity index (χ3v) is 0.916. The van der Waals surface area contributed by atoms with Crippen molar-refractivity contribution in [1.29, 1.82) is 0 Å². The minimum atomic E-state index is -0.490. The molecule has 0 aliphatic heterocycles. The maximum absolute atomic E-state index is 10.3. The van der Waals surface area contributed by atoms with Gasteiger partial charge in [0.2, 0.25) is 0 Å². The van der Waals surface area contributed by atoms with E-state index in [2.05, 4.69) is 4.74 Å². The minimum absolute atomic E-state index is 0.345. The lowest BCUT2D eigenvalue weighted by Crippen LogP contribution is -2.16. The highest BCUT2D eigenvalue weighted by molar-refractivity contribution is 6.17. The van der Waals surface area contributed by atoms with Crippen LogP contribution in [0.25, 0.3) is 0 Å². The van der Waals surface area contributed by atoms with Gasteiger partial charge in [-0.15, -0.1) is 11.6 Å². The summed E-state index contributed by atoms with van der Waals surface area (Å²) in [5.41, 5.74) is 0. The van der Waals surface area contributed by atoms with Crippen molar-refractivity contribution in [1.82, 2.24) is 0 Å². The molecule has 0 heterocycles. The standard InChI is InChI=1S/C6H11ClO3/c1-5(8)10-6(2)9-4-3-7/h6H,3-4H2,1-2H3. The molecule has 0 rings (SSSR count). The van der Waals surface area contributed by atoms with Crippen LogP contribution in [0.4, 0.5) is 0 Å². The van der Waals surface area contributed by atoms with Crippen LogP contribution < -0.4 is 0 Å². The van der Waals surface area contributed by atoms with Gasteiger partial charge in [-0.1, -0.05) is 0 Å². The van der Waals surface area contributed by atoms with E-state index in [1.54, 1.807) is 6.92 Å². The number of rotatable bonds is 4. The highest BCUT2D eigenvalue weighted by Crippen LogP contribution is 1.93. The van der Waals surface area contributed by atoms with Gasteiger partial charge in [0.05, 0.1) is 6.61 Å². The van der Waals surface area contributed by atoms with E-state index in [0.29, 0.717) is 12.5 Å².